The molecule has 1 heterocycles. The lowest BCUT2D eigenvalue weighted by Crippen LogP contribution is -2.45. The van der Waals surface area contributed by atoms with Crippen LogP contribution in [0.1, 0.15) is 24.0 Å². The Morgan fingerprint density at radius 2 is 2.26 bits per heavy atom. The Morgan fingerprint density at radius 3 is 2.96 bits per heavy atom. The molecule has 0 bridgehead atoms. The lowest BCUT2D eigenvalue weighted by atomic mass is 9.97. The zero-order chi connectivity index (χ0) is 16.8. The molecule has 0 saturated carbocycles. The van der Waals surface area contributed by atoms with Crippen molar-refractivity contribution in [2.75, 3.05) is 33.3 Å². The molecule has 23 heavy (non-hydrogen) atoms. The monoisotopic (exact) mass is 320 g/mol. The van der Waals surface area contributed by atoms with Crippen LogP contribution in [0.15, 0.2) is 18.2 Å². The Labute approximate surface area is 138 Å². The van der Waals surface area contributed by atoms with E-state index in [2.05, 4.69) is 16.3 Å². The van der Waals surface area contributed by atoms with Gasteiger partial charge in [-0.05, 0) is 44.9 Å². The summed E-state index contributed by atoms with van der Waals surface area (Å²) in [4.78, 5) is 13.9. The second kappa shape index (κ2) is 8.31. The molecular formula is C18H28N2O3. The number of hydrogen-bond donors (Lipinski definition) is 2. The first kappa shape index (κ1) is 17.8. The number of likely N-dealkylation sites (tertiary alicyclic amines) is 1. The first-order valence-corrected chi connectivity index (χ1v) is 8.31. The molecular weight excluding hydrogens is 292 g/mol. The van der Waals surface area contributed by atoms with E-state index >= 15 is 0 Å². The number of aliphatic hydroxyl groups is 1. The van der Waals surface area contributed by atoms with Crippen LogP contribution in [-0.4, -0.2) is 55.3 Å². The lowest BCUT2D eigenvalue weighted by Gasteiger charge is -2.33. The molecule has 1 saturated heterocycles. The van der Waals surface area contributed by atoms with E-state index in [1.165, 1.54) is 5.56 Å². The minimum Gasteiger partial charge on any atom is -0.491 e. The molecule has 0 radical (unpaired) electrons. The Balaban J connectivity index is 1.80. The Kier molecular flexibility index (Phi) is 6.42. The number of hydrogen-bond acceptors (Lipinski definition) is 4. The van der Waals surface area contributed by atoms with E-state index in [0.717, 1.165) is 30.7 Å². The van der Waals surface area contributed by atoms with Gasteiger partial charge in [0.15, 0.2) is 0 Å². The highest BCUT2D eigenvalue weighted by atomic mass is 16.5. The van der Waals surface area contributed by atoms with Gasteiger partial charge in [-0.15, -0.1) is 0 Å². The van der Waals surface area contributed by atoms with Gasteiger partial charge in [0.25, 0.3) is 0 Å². The Morgan fingerprint density at radius 1 is 1.48 bits per heavy atom. The Hall–Kier alpha value is -1.59. The first-order valence-electron chi connectivity index (χ1n) is 8.31. The summed E-state index contributed by atoms with van der Waals surface area (Å²) < 4.78 is 5.73. The van der Waals surface area contributed by atoms with Gasteiger partial charge in [0.1, 0.15) is 18.5 Å². The van der Waals surface area contributed by atoms with Crippen LogP contribution in [0.25, 0.3) is 0 Å². The molecule has 2 N–H and O–H groups in total. The number of benzene rings is 1. The van der Waals surface area contributed by atoms with Gasteiger partial charge >= 0.3 is 0 Å². The molecule has 1 aromatic carbocycles. The molecule has 1 amide bonds. The SMILES string of the molecule is CNC(=O)C1CCCN(CC(O)COc2ccc(C)cc2C)C1. The van der Waals surface area contributed by atoms with Gasteiger partial charge in [0.2, 0.25) is 5.91 Å². The Bertz CT molecular complexity index is 533. The number of piperidine rings is 1. The first-order chi connectivity index (χ1) is 11.0. The van der Waals surface area contributed by atoms with E-state index in [0.29, 0.717) is 13.1 Å². The van der Waals surface area contributed by atoms with E-state index in [4.69, 9.17) is 4.74 Å². The predicted molar refractivity (Wildman–Crippen MR) is 90.6 cm³/mol. The number of nitrogens with one attached hydrogen (secondary N) is 1. The fourth-order valence-corrected chi connectivity index (χ4v) is 3.14. The zero-order valence-electron chi connectivity index (χ0n) is 14.3. The van der Waals surface area contributed by atoms with Gasteiger partial charge in [-0.1, -0.05) is 17.7 Å². The smallest absolute Gasteiger partial charge is 0.224 e. The standard InChI is InChI=1S/C18H28N2O3/c1-13-6-7-17(14(2)9-13)23-12-16(21)11-20-8-4-5-15(10-20)18(22)19-3/h6-7,9,15-16,21H,4-5,8,10-12H2,1-3H3,(H,19,22). The van der Waals surface area contributed by atoms with E-state index in [-0.39, 0.29) is 18.4 Å². The van der Waals surface area contributed by atoms with Crippen LogP contribution in [0.5, 0.6) is 5.75 Å². The van der Waals surface area contributed by atoms with Crippen molar-refractivity contribution in [3.63, 3.8) is 0 Å². The fraction of sp³-hybridized carbons (Fsp3) is 0.611. The van der Waals surface area contributed by atoms with Crippen molar-refractivity contribution in [3.8, 4) is 5.75 Å². The number of carbonyl (C=O) groups excluding carboxylic acids is 1. The van der Waals surface area contributed by atoms with Crippen molar-refractivity contribution >= 4 is 5.91 Å². The number of amides is 1. The fourth-order valence-electron chi connectivity index (χ4n) is 3.14. The van der Waals surface area contributed by atoms with Crippen LogP contribution in [0.3, 0.4) is 0 Å². The number of β-amino-alcohol motifs (C(OH)–C–C–N with tert-alkyl or cyclic N) is 1. The molecule has 2 atom stereocenters. The normalized spacial score (nSPS) is 20.1. The topological polar surface area (TPSA) is 61.8 Å². The third kappa shape index (κ3) is 5.22. The van der Waals surface area contributed by atoms with E-state index in [1.807, 2.05) is 26.0 Å². The average molecular weight is 320 g/mol. The van der Waals surface area contributed by atoms with E-state index < -0.39 is 6.10 Å². The summed E-state index contributed by atoms with van der Waals surface area (Å²) in [7, 11) is 1.67. The molecule has 5 nitrogen and oxygen atoms in total. The van der Waals surface area contributed by atoms with E-state index in [1.54, 1.807) is 7.05 Å². The number of rotatable bonds is 6. The van der Waals surface area contributed by atoms with Crippen molar-refractivity contribution in [2.24, 2.45) is 5.92 Å². The van der Waals surface area contributed by atoms with Gasteiger partial charge in [0, 0.05) is 20.1 Å². The second-order valence-corrected chi connectivity index (χ2v) is 6.45. The maximum absolute atomic E-state index is 11.7. The van der Waals surface area contributed by atoms with Crippen molar-refractivity contribution in [3.05, 3.63) is 29.3 Å². The number of carbonyl (C=O) groups is 1. The summed E-state index contributed by atoms with van der Waals surface area (Å²) in [5.41, 5.74) is 2.28. The summed E-state index contributed by atoms with van der Waals surface area (Å²) in [6.45, 7) is 6.50. The maximum atomic E-state index is 11.7. The average Bonchev–Trinajstić information content (AvgIpc) is 2.53. The highest BCUT2D eigenvalue weighted by Gasteiger charge is 2.26. The molecule has 1 aromatic rings. The zero-order valence-corrected chi connectivity index (χ0v) is 14.3. The van der Waals surface area contributed by atoms with Crippen LogP contribution < -0.4 is 10.1 Å². The summed E-state index contributed by atoms with van der Waals surface area (Å²) in [6, 6.07) is 6.02. The maximum Gasteiger partial charge on any atom is 0.224 e. The van der Waals surface area contributed by atoms with Crippen molar-refractivity contribution in [1.82, 2.24) is 10.2 Å². The molecule has 0 spiro atoms. The van der Waals surface area contributed by atoms with Gasteiger partial charge in [0.05, 0.1) is 5.92 Å². The molecule has 128 valence electrons. The number of aliphatic hydroxyl groups excluding tert-OH is 1. The highest BCUT2D eigenvalue weighted by Crippen LogP contribution is 2.20. The van der Waals surface area contributed by atoms with Crippen molar-refractivity contribution in [1.29, 1.82) is 0 Å². The van der Waals surface area contributed by atoms with Gasteiger partial charge in [-0.25, -0.2) is 0 Å². The van der Waals surface area contributed by atoms with Crippen LogP contribution >= 0.6 is 0 Å². The second-order valence-electron chi connectivity index (χ2n) is 6.45. The van der Waals surface area contributed by atoms with Crippen LogP contribution in [0.4, 0.5) is 0 Å². The summed E-state index contributed by atoms with van der Waals surface area (Å²) in [5.74, 6) is 0.938. The number of nitrogens with zero attached hydrogens (tertiary/aromatic N) is 1. The molecule has 1 aliphatic heterocycles. The quantitative estimate of drug-likeness (QED) is 0.834. The highest BCUT2D eigenvalue weighted by molar-refractivity contribution is 5.78. The van der Waals surface area contributed by atoms with Crippen LogP contribution in [0, 0.1) is 19.8 Å². The predicted octanol–water partition coefficient (Wildman–Crippen LogP) is 1.50. The van der Waals surface area contributed by atoms with Crippen LogP contribution in [-0.2, 0) is 4.79 Å². The molecule has 0 aromatic heterocycles. The number of ether oxygens (including phenoxy) is 1. The van der Waals surface area contributed by atoms with Crippen LogP contribution in [0.2, 0.25) is 0 Å². The third-order valence-corrected chi connectivity index (χ3v) is 4.35. The van der Waals surface area contributed by atoms with Crippen molar-refractivity contribution in [2.45, 2.75) is 32.8 Å². The molecule has 1 aliphatic rings. The largest absolute Gasteiger partial charge is 0.491 e. The van der Waals surface area contributed by atoms with Crippen molar-refractivity contribution < 1.29 is 14.6 Å². The van der Waals surface area contributed by atoms with E-state index in [9.17, 15) is 9.90 Å². The number of aryl methyl sites for hydroxylation is 2. The van der Waals surface area contributed by atoms with Gasteiger partial charge in [-0.3, -0.25) is 9.69 Å². The summed E-state index contributed by atoms with van der Waals surface area (Å²) >= 11 is 0. The minimum atomic E-state index is -0.556. The van der Waals surface area contributed by atoms with Gasteiger partial charge < -0.3 is 15.2 Å². The minimum absolute atomic E-state index is 0.0289. The third-order valence-electron chi connectivity index (χ3n) is 4.35. The summed E-state index contributed by atoms with van der Waals surface area (Å²) in [6.07, 6.45) is 1.35. The molecule has 2 unspecified atom stereocenters. The lowest BCUT2D eigenvalue weighted by molar-refractivity contribution is -0.126. The molecule has 5 heteroatoms. The summed E-state index contributed by atoms with van der Waals surface area (Å²) in [5, 5.41) is 12.9. The molecule has 1 fully saturated rings. The molecule has 2 rings (SSSR count). The molecule has 0 aliphatic carbocycles. The van der Waals surface area contributed by atoms with Gasteiger partial charge in [-0.2, -0.15) is 0 Å².